The Balaban J connectivity index is 2.52. The van der Waals surface area contributed by atoms with E-state index in [4.69, 9.17) is 10.2 Å². The summed E-state index contributed by atoms with van der Waals surface area (Å²) < 4.78 is 12.7. The third-order valence-corrected chi connectivity index (χ3v) is 1.93. The van der Waals surface area contributed by atoms with E-state index in [-0.39, 0.29) is 13.0 Å². The molecule has 0 saturated heterocycles. The summed E-state index contributed by atoms with van der Waals surface area (Å²) in [6.45, 7) is -0.243. The fourth-order valence-electron chi connectivity index (χ4n) is 1.25. The molecule has 2 N–H and O–H groups in total. The van der Waals surface area contributed by atoms with E-state index < -0.39 is 11.8 Å². The van der Waals surface area contributed by atoms with Crippen LogP contribution in [0.25, 0.3) is 0 Å². The Morgan fingerprint density at radius 2 is 2.33 bits per heavy atom. The molecular formula is C6H11FO2. The normalized spacial score (nSPS) is 43.7. The topological polar surface area (TPSA) is 40.5 Å². The van der Waals surface area contributed by atoms with Gasteiger partial charge in [-0.05, 0) is 12.8 Å². The summed E-state index contributed by atoms with van der Waals surface area (Å²) in [6, 6.07) is 0. The van der Waals surface area contributed by atoms with Gasteiger partial charge in [-0.15, -0.1) is 0 Å². The molecule has 1 fully saturated rings. The summed E-state index contributed by atoms with van der Waals surface area (Å²) in [5, 5.41) is 17.3. The van der Waals surface area contributed by atoms with Gasteiger partial charge in [0.25, 0.3) is 0 Å². The Kier molecular flexibility index (Phi) is 1.73. The summed E-state index contributed by atoms with van der Waals surface area (Å²) in [6.07, 6.45) is 1.46. The maximum absolute atomic E-state index is 12.7. The lowest BCUT2D eigenvalue weighted by atomic mass is 10.1. The molecule has 2 atom stereocenters. The summed E-state index contributed by atoms with van der Waals surface area (Å²) in [5.41, 5.74) is 0. The molecule has 1 aliphatic rings. The molecule has 0 aromatic rings. The first-order valence-electron chi connectivity index (χ1n) is 3.19. The van der Waals surface area contributed by atoms with Crippen LogP contribution in [-0.4, -0.2) is 22.7 Å². The molecule has 9 heavy (non-hydrogen) atoms. The van der Waals surface area contributed by atoms with Gasteiger partial charge in [0.1, 0.15) is 0 Å². The van der Waals surface area contributed by atoms with E-state index in [0.717, 1.165) is 0 Å². The van der Waals surface area contributed by atoms with Crippen LogP contribution >= 0.6 is 0 Å². The van der Waals surface area contributed by atoms with Crippen molar-refractivity contribution < 1.29 is 14.6 Å². The minimum Gasteiger partial charge on any atom is -0.396 e. The summed E-state index contributed by atoms with van der Waals surface area (Å²) in [5.74, 6) is -2.63. The van der Waals surface area contributed by atoms with Gasteiger partial charge in [0.15, 0.2) is 0 Å². The van der Waals surface area contributed by atoms with Crippen molar-refractivity contribution in [2.45, 2.75) is 25.1 Å². The smallest absolute Gasteiger partial charge is 0.211 e. The number of hydrogen-bond donors (Lipinski definition) is 2. The average molecular weight is 134 g/mol. The third kappa shape index (κ3) is 1.22. The Morgan fingerprint density at radius 3 is 2.56 bits per heavy atom. The van der Waals surface area contributed by atoms with Crippen LogP contribution in [0.4, 0.5) is 4.39 Å². The lowest BCUT2D eigenvalue weighted by molar-refractivity contribution is -0.128. The van der Waals surface area contributed by atoms with Crippen molar-refractivity contribution in [2.75, 3.05) is 6.61 Å². The molecule has 0 bridgehead atoms. The van der Waals surface area contributed by atoms with E-state index in [9.17, 15) is 4.39 Å². The number of rotatable bonds is 1. The molecule has 2 unspecified atom stereocenters. The molecule has 1 aliphatic carbocycles. The Hall–Kier alpha value is -0.150. The number of hydrogen-bond acceptors (Lipinski definition) is 2. The number of aliphatic hydroxyl groups excluding tert-OH is 1. The highest BCUT2D eigenvalue weighted by molar-refractivity contribution is 4.82. The molecule has 1 saturated carbocycles. The standard InChI is InChI=1S/C6H11FO2/c7-6(9)3-1-2-5(6)4-8/h5,8-9H,1-4H2. The van der Waals surface area contributed by atoms with E-state index in [1.165, 1.54) is 0 Å². The van der Waals surface area contributed by atoms with Gasteiger partial charge in [-0.3, -0.25) is 0 Å². The van der Waals surface area contributed by atoms with E-state index in [2.05, 4.69) is 0 Å². The second-order valence-corrected chi connectivity index (χ2v) is 2.59. The highest BCUT2D eigenvalue weighted by atomic mass is 19.2. The second-order valence-electron chi connectivity index (χ2n) is 2.59. The molecule has 0 radical (unpaired) electrons. The molecule has 0 aromatic carbocycles. The van der Waals surface area contributed by atoms with Gasteiger partial charge in [-0.2, -0.15) is 0 Å². The van der Waals surface area contributed by atoms with Crippen LogP contribution in [0.2, 0.25) is 0 Å². The van der Waals surface area contributed by atoms with Gasteiger partial charge in [0.05, 0.1) is 6.61 Å². The SMILES string of the molecule is OCC1CCCC1(O)F. The first kappa shape index (κ1) is 6.96. The van der Waals surface area contributed by atoms with Crippen LogP contribution in [0.1, 0.15) is 19.3 Å². The molecule has 0 amide bonds. The molecule has 3 heteroatoms. The van der Waals surface area contributed by atoms with Crippen molar-refractivity contribution >= 4 is 0 Å². The zero-order valence-corrected chi connectivity index (χ0v) is 5.18. The van der Waals surface area contributed by atoms with Crippen molar-refractivity contribution in [3.8, 4) is 0 Å². The highest BCUT2D eigenvalue weighted by Crippen LogP contribution is 2.35. The second kappa shape index (κ2) is 2.23. The fraction of sp³-hybridized carbons (Fsp3) is 1.00. The molecule has 54 valence electrons. The zero-order valence-electron chi connectivity index (χ0n) is 5.18. The molecule has 1 rings (SSSR count). The van der Waals surface area contributed by atoms with Crippen molar-refractivity contribution in [1.29, 1.82) is 0 Å². The third-order valence-electron chi connectivity index (χ3n) is 1.93. The molecule has 2 nitrogen and oxygen atoms in total. The van der Waals surface area contributed by atoms with Gasteiger partial charge in [0, 0.05) is 12.3 Å². The largest absolute Gasteiger partial charge is 0.396 e. The van der Waals surface area contributed by atoms with Crippen molar-refractivity contribution in [3.05, 3.63) is 0 Å². The fourth-order valence-corrected chi connectivity index (χ4v) is 1.25. The van der Waals surface area contributed by atoms with Crippen LogP contribution in [-0.2, 0) is 0 Å². The summed E-state index contributed by atoms with van der Waals surface area (Å²) >= 11 is 0. The monoisotopic (exact) mass is 134 g/mol. The van der Waals surface area contributed by atoms with E-state index in [1.54, 1.807) is 0 Å². The average Bonchev–Trinajstić information content (AvgIpc) is 2.08. The maximum atomic E-state index is 12.7. The number of halogens is 1. The molecule has 0 aliphatic heterocycles. The summed E-state index contributed by atoms with van der Waals surface area (Å²) in [4.78, 5) is 0. The molecular weight excluding hydrogens is 123 g/mol. The molecule has 0 aromatic heterocycles. The highest BCUT2D eigenvalue weighted by Gasteiger charge is 2.40. The van der Waals surface area contributed by atoms with Crippen molar-refractivity contribution in [3.63, 3.8) is 0 Å². The summed E-state index contributed by atoms with van der Waals surface area (Å²) in [7, 11) is 0. The van der Waals surface area contributed by atoms with Crippen LogP contribution in [0.3, 0.4) is 0 Å². The quantitative estimate of drug-likeness (QED) is 0.546. The first-order valence-corrected chi connectivity index (χ1v) is 3.19. The Morgan fingerprint density at radius 1 is 1.67 bits per heavy atom. The minimum atomic E-state index is -2.09. The van der Waals surface area contributed by atoms with Crippen LogP contribution in [0.5, 0.6) is 0 Å². The van der Waals surface area contributed by atoms with Crippen molar-refractivity contribution in [1.82, 2.24) is 0 Å². The Labute approximate surface area is 53.3 Å². The van der Waals surface area contributed by atoms with Gasteiger partial charge < -0.3 is 10.2 Å². The van der Waals surface area contributed by atoms with E-state index >= 15 is 0 Å². The van der Waals surface area contributed by atoms with Crippen LogP contribution < -0.4 is 0 Å². The predicted molar refractivity (Wildman–Crippen MR) is 30.5 cm³/mol. The van der Waals surface area contributed by atoms with Gasteiger partial charge in [-0.25, -0.2) is 4.39 Å². The molecule has 0 spiro atoms. The first-order chi connectivity index (χ1) is 4.17. The van der Waals surface area contributed by atoms with Gasteiger partial charge >= 0.3 is 0 Å². The minimum absolute atomic E-state index is 0.179. The van der Waals surface area contributed by atoms with Crippen LogP contribution in [0.15, 0.2) is 0 Å². The number of alkyl halides is 1. The van der Waals surface area contributed by atoms with E-state index in [0.29, 0.717) is 12.8 Å². The van der Waals surface area contributed by atoms with Gasteiger partial charge in [0.2, 0.25) is 5.85 Å². The zero-order chi connectivity index (χ0) is 6.91. The lowest BCUT2D eigenvalue weighted by Gasteiger charge is -2.18. The van der Waals surface area contributed by atoms with E-state index in [1.807, 2.05) is 0 Å². The predicted octanol–water partition coefficient (Wildman–Crippen LogP) is 0.437. The molecule has 0 heterocycles. The van der Waals surface area contributed by atoms with Gasteiger partial charge in [-0.1, -0.05) is 0 Å². The Bertz CT molecular complexity index is 103. The number of aliphatic hydroxyl groups is 2. The van der Waals surface area contributed by atoms with Crippen LogP contribution in [0, 0.1) is 5.92 Å². The lowest BCUT2D eigenvalue weighted by Crippen LogP contribution is -2.29. The maximum Gasteiger partial charge on any atom is 0.211 e. The van der Waals surface area contributed by atoms with Crippen molar-refractivity contribution in [2.24, 2.45) is 5.92 Å².